The molecule has 1 heterocycles. The fraction of sp³-hybridized carbons (Fsp3) is 0.222. The molecule has 0 saturated heterocycles. The van der Waals surface area contributed by atoms with Gasteiger partial charge in [-0.05, 0) is 42.3 Å². The lowest BCUT2D eigenvalue weighted by molar-refractivity contribution is 0.629. The number of rotatable bonds is 5. The van der Waals surface area contributed by atoms with Crippen LogP contribution in [0.4, 0.5) is 15.9 Å². The zero-order valence-electron chi connectivity index (χ0n) is 13.3. The van der Waals surface area contributed by atoms with Crippen molar-refractivity contribution in [2.24, 2.45) is 0 Å². The van der Waals surface area contributed by atoms with Gasteiger partial charge in [-0.15, -0.1) is 0 Å². The largest absolute Gasteiger partial charge is 0.378 e. The number of nitrogens with one attached hydrogen (secondary N) is 1. The molecule has 0 aliphatic carbocycles. The van der Waals surface area contributed by atoms with Gasteiger partial charge in [0, 0.05) is 31.7 Å². The van der Waals surface area contributed by atoms with Crippen LogP contribution in [-0.4, -0.2) is 30.6 Å². The van der Waals surface area contributed by atoms with Gasteiger partial charge in [-0.25, -0.2) is 14.4 Å². The summed E-state index contributed by atoms with van der Waals surface area (Å²) < 4.78 is 13.4. The second kappa shape index (κ2) is 6.60. The van der Waals surface area contributed by atoms with Crippen LogP contribution in [0, 0.1) is 5.82 Å². The molecule has 1 N–H and O–H groups in total. The molecular formula is C18H19FN4. The first kappa shape index (κ1) is 15.2. The van der Waals surface area contributed by atoms with Gasteiger partial charge in [0.15, 0.2) is 0 Å². The summed E-state index contributed by atoms with van der Waals surface area (Å²) in [4.78, 5) is 10.4. The van der Waals surface area contributed by atoms with E-state index in [1.54, 1.807) is 6.07 Å². The molecule has 1 aromatic heterocycles. The maximum atomic E-state index is 13.4. The quantitative estimate of drug-likeness (QED) is 0.783. The van der Waals surface area contributed by atoms with Crippen molar-refractivity contribution >= 4 is 22.4 Å². The molecule has 0 amide bonds. The molecule has 2 aromatic carbocycles. The average Bonchev–Trinajstić information content (AvgIpc) is 2.55. The van der Waals surface area contributed by atoms with Crippen molar-refractivity contribution in [3.05, 3.63) is 60.2 Å². The van der Waals surface area contributed by atoms with Gasteiger partial charge in [0.05, 0.1) is 5.52 Å². The van der Waals surface area contributed by atoms with Crippen LogP contribution < -0.4 is 10.2 Å². The lowest BCUT2D eigenvalue weighted by Crippen LogP contribution is -2.09. The smallest absolute Gasteiger partial charge is 0.137 e. The summed E-state index contributed by atoms with van der Waals surface area (Å²) in [5, 5.41) is 3.98. The fourth-order valence-electron chi connectivity index (χ4n) is 2.46. The molecule has 4 nitrogen and oxygen atoms in total. The van der Waals surface area contributed by atoms with E-state index in [0.29, 0.717) is 11.2 Å². The highest BCUT2D eigenvalue weighted by atomic mass is 19.1. The second-order valence-electron chi connectivity index (χ2n) is 5.62. The minimum absolute atomic E-state index is 0.283. The number of hydrogen-bond acceptors (Lipinski definition) is 4. The van der Waals surface area contributed by atoms with Gasteiger partial charge >= 0.3 is 0 Å². The summed E-state index contributed by atoms with van der Waals surface area (Å²) in [6.07, 6.45) is 2.36. The molecule has 0 radical (unpaired) electrons. The van der Waals surface area contributed by atoms with Crippen LogP contribution >= 0.6 is 0 Å². The summed E-state index contributed by atoms with van der Waals surface area (Å²) in [7, 11) is 4.05. The Kier molecular flexibility index (Phi) is 4.37. The molecule has 0 aliphatic heterocycles. The third kappa shape index (κ3) is 3.56. The lowest BCUT2D eigenvalue weighted by atomic mass is 10.1. The van der Waals surface area contributed by atoms with Crippen LogP contribution in [0.25, 0.3) is 10.9 Å². The van der Waals surface area contributed by atoms with Gasteiger partial charge in [-0.2, -0.15) is 0 Å². The maximum Gasteiger partial charge on any atom is 0.137 e. The molecule has 0 spiro atoms. The van der Waals surface area contributed by atoms with Crippen molar-refractivity contribution in [3.8, 4) is 0 Å². The summed E-state index contributed by atoms with van der Waals surface area (Å²) in [5.41, 5.74) is 3.16. The molecule has 0 fully saturated rings. The normalized spacial score (nSPS) is 10.7. The number of halogens is 1. The molecule has 0 atom stereocenters. The molecule has 0 bridgehead atoms. The first-order valence-electron chi connectivity index (χ1n) is 7.54. The summed E-state index contributed by atoms with van der Waals surface area (Å²) >= 11 is 0. The van der Waals surface area contributed by atoms with Crippen LogP contribution in [0.1, 0.15) is 5.56 Å². The van der Waals surface area contributed by atoms with Gasteiger partial charge in [0.25, 0.3) is 0 Å². The number of benzene rings is 2. The molecule has 3 aromatic rings. The van der Waals surface area contributed by atoms with Crippen LogP contribution in [0.5, 0.6) is 0 Å². The van der Waals surface area contributed by atoms with Crippen molar-refractivity contribution in [2.75, 3.05) is 30.9 Å². The van der Waals surface area contributed by atoms with Gasteiger partial charge in [0.1, 0.15) is 18.0 Å². The zero-order valence-corrected chi connectivity index (χ0v) is 13.3. The minimum atomic E-state index is -0.283. The van der Waals surface area contributed by atoms with E-state index in [9.17, 15) is 4.39 Å². The van der Waals surface area contributed by atoms with Crippen LogP contribution in [-0.2, 0) is 6.42 Å². The first-order valence-corrected chi connectivity index (χ1v) is 7.54. The van der Waals surface area contributed by atoms with Crippen molar-refractivity contribution in [3.63, 3.8) is 0 Å². The Morgan fingerprint density at radius 3 is 2.57 bits per heavy atom. The van der Waals surface area contributed by atoms with Crippen LogP contribution in [0.2, 0.25) is 0 Å². The molecule has 5 heteroatoms. The highest BCUT2D eigenvalue weighted by molar-refractivity contribution is 5.88. The number of aromatic nitrogens is 2. The Morgan fingerprint density at radius 2 is 1.83 bits per heavy atom. The molecule has 0 saturated carbocycles. The number of anilines is 2. The van der Waals surface area contributed by atoms with Crippen LogP contribution in [0.15, 0.2) is 48.8 Å². The standard InChI is InChI=1S/C18H19FN4/c1-23(2)15-6-3-13(4-7-15)9-10-20-18-16-11-14(19)5-8-17(16)21-12-22-18/h3-8,11-12H,9-10H2,1-2H3,(H,20,21,22). The van der Waals surface area contributed by atoms with Gasteiger partial charge in [0.2, 0.25) is 0 Å². The monoisotopic (exact) mass is 310 g/mol. The topological polar surface area (TPSA) is 41.0 Å². The Labute approximate surface area is 135 Å². The first-order chi connectivity index (χ1) is 11.1. The molecule has 118 valence electrons. The lowest BCUT2D eigenvalue weighted by Gasteiger charge is -2.13. The predicted octanol–water partition coefficient (Wildman–Crippen LogP) is 3.49. The SMILES string of the molecule is CN(C)c1ccc(CCNc2ncnc3ccc(F)cc23)cc1. The molecule has 0 aliphatic rings. The average molecular weight is 310 g/mol. The summed E-state index contributed by atoms with van der Waals surface area (Å²) in [6.45, 7) is 0.726. The Morgan fingerprint density at radius 1 is 1.04 bits per heavy atom. The molecule has 3 rings (SSSR count). The van der Waals surface area contributed by atoms with Crippen molar-refractivity contribution < 1.29 is 4.39 Å². The van der Waals surface area contributed by atoms with Gasteiger partial charge in [-0.1, -0.05) is 12.1 Å². The number of hydrogen-bond donors (Lipinski definition) is 1. The fourth-order valence-corrected chi connectivity index (χ4v) is 2.46. The second-order valence-corrected chi connectivity index (χ2v) is 5.62. The van der Waals surface area contributed by atoms with Crippen molar-refractivity contribution in [2.45, 2.75) is 6.42 Å². The van der Waals surface area contributed by atoms with E-state index in [1.165, 1.54) is 29.7 Å². The van der Waals surface area contributed by atoms with Gasteiger partial charge in [-0.3, -0.25) is 0 Å². The van der Waals surface area contributed by atoms with Crippen molar-refractivity contribution in [1.29, 1.82) is 0 Å². The molecule has 23 heavy (non-hydrogen) atoms. The molecular weight excluding hydrogens is 291 g/mol. The van der Waals surface area contributed by atoms with E-state index in [4.69, 9.17) is 0 Å². The Bertz CT molecular complexity index is 800. The predicted molar refractivity (Wildman–Crippen MR) is 92.5 cm³/mol. The van der Waals surface area contributed by atoms with E-state index >= 15 is 0 Å². The molecule has 0 unspecified atom stereocenters. The van der Waals surface area contributed by atoms with Gasteiger partial charge < -0.3 is 10.2 Å². The summed E-state index contributed by atoms with van der Waals surface area (Å²) in [6, 6.07) is 13.0. The highest BCUT2D eigenvalue weighted by Crippen LogP contribution is 2.20. The Hall–Kier alpha value is -2.69. The number of nitrogens with zero attached hydrogens (tertiary/aromatic N) is 3. The zero-order chi connectivity index (χ0) is 16.2. The Balaban J connectivity index is 1.68. The van der Waals surface area contributed by atoms with E-state index in [0.717, 1.165) is 18.5 Å². The maximum absolute atomic E-state index is 13.4. The third-order valence-electron chi connectivity index (χ3n) is 3.76. The van der Waals surface area contributed by atoms with Crippen LogP contribution in [0.3, 0.4) is 0 Å². The minimum Gasteiger partial charge on any atom is -0.378 e. The highest BCUT2D eigenvalue weighted by Gasteiger charge is 2.04. The summed E-state index contributed by atoms with van der Waals surface area (Å²) in [5.74, 6) is 0.383. The van der Waals surface area contributed by atoms with E-state index in [1.807, 2.05) is 14.1 Å². The van der Waals surface area contributed by atoms with E-state index in [-0.39, 0.29) is 5.82 Å². The van der Waals surface area contributed by atoms with E-state index < -0.39 is 0 Å². The number of fused-ring (bicyclic) bond motifs is 1. The van der Waals surface area contributed by atoms with E-state index in [2.05, 4.69) is 44.5 Å². The van der Waals surface area contributed by atoms with Crippen molar-refractivity contribution in [1.82, 2.24) is 9.97 Å². The third-order valence-corrected chi connectivity index (χ3v) is 3.76.